The molecule has 1 aromatic rings. The van der Waals surface area contributed by atoms with Gasteiger partial charge in [0.15, 0.2) is 0 Å². The van der Waals surface area contributed by atoms with Crippen LogP contribution in [0.3, 0.4) is 0 Å². The zero-order valence-electron chi connectivity index (χ0n) is 10.4. The largest absolute Gasteiger partial charge is 0.496 e. The molecule has 3 nitrogen and oxygen atoms in total. The Hall–Kier alpha value is -1.06. The standard InChI is InChI=1S/C14H21NO2/c1-16-14-7-3-2-5-11(14)9-12(15)10-13-6-4-8-17-13/h2-3,5,7,12-13H,4,6,8-10,15H2,1H3. The van der Waals surface area contributed by atoms with Gasteiger partial charge in [-0.2, -0.15) is 0 Å². The van der Waals surface area contributed by atoms with E-state index in [0.717, 1.165) is 31.6 Å². The fourth-order valence-electron chi connectivity index (χ4n) is 2.41. The number of benzene rings is 1. The normalized spacial score (nSPS) is 21.4. The van der Waals surface area contributed by atoms with Gasteiger partial charge in [-0.1, -0.05) is 18.2 Å². The van der Waals surface area contributed by atoms with Crippen molar-refractivity contribution < 1.29 is 9.47 Å². The van der Waals surface area contributed by atoms with Gasteiger partial charge >= 0.3 is 0 Å². The van der Waals surface area contributed by atoms with Crippen LogP contribution in [0.4, 0.5) is 0 Å². The summed E-state index contributed by atoms with van der Waals surface area (Å²) in [6, 6.07) is 8.21. The van der Waals surface area contributed by atoms with Crippen molar-refractivity contribution in [3.05, 3.63) is 29.8 Å². The van der Waals surface area contributed by atoms with Crippen molar-refractivity contribution in [3.8, 4) is 5.75 Å². The maximum absolute atomic E-state index is 6.17. The first kappa shape index (κ1) is 12.4. The van der Waals surface area contributed by atoms with Crippen molar-refractivity contribution in [2.45, 2.75) is 37.8 Å². The summed E-state index contributed by atoms with van der Waals surface area (Å²) in [7, 11) is 1.70. The fourth-order valence-corrected chi connectivity index (χ4v) is 2.41. The van der Waals surface area contributed by atoms with Gasteiger partial charge in [-0.15, -0.1) is 0 Å². The number of rotatable bonds is 5. The summed E-state index contributed by atoms with van der Waals surface area (Å²) in [4.78, 5) is 0. The third-order valence-electron chi connectivity index (χ3n) is 3.26. The molecule has 94 valence electrons. The first-order valence-electron chi connectivity index (χ1n) is 6.28. The Morgan fingerprint density at radius 2 is 2.29 bits per heavy atom. The highest BCUT2D eigenvalue weighted by Crippen LogP contribution is 2.22. The lowest BCUT2D eigenvalue weighted by Crippen LogP contribution is -2.28. The smallest absolute Gasteiger partial charge is 0.122 e. The van der Waals surface area contributed by atoms with E-state index in [2.05, 4.69) is 6.07 Å². The van der Waals surface area contributed by atoms with Crippen LogP contribution in [0.5, 0.6) is 5.75 Å². The Labute approximate surface area is 103 Å². The predicted molar refractivity (Wildman–Crippen MR) is 68.3 cm³/mol. The maximum atomic E-state index is 6.17. The molecule has 0 saturated carbocycles. The average Bonchev–Trinajstić information content (AvgIpc) is 2.82. The lowest BCUT2D eigenvalue weighted by Gasteiger charge is -2.17. The molecule has 0 spiro atoms. The average molecular weight is 235 g/mol. The van der Waals surface area contributed by atoms with Gasteiger partial charge in [0.1, 0.15) is 5.75 Å². The molecule has 0 radical (unpaired) electrons. The molecular formula is C14H21NO2. The Balaban J connectivity index is 1.90. The molecule has 0 amide bonds. The summed E-state index contributed by atoms with van der Waals surface area (Å²) in [5.41, 5.74) is 7.35. The minimum atomic E-state index is 0.148. The number of nitrogens with two attached hydrogens (primary N) is 1. The van der Waals surface area contributed by atoms with Gasteiger partial charge in [0, 0.05) is 12.6 Å². The van der Waals surface area contributed by atoms with E-state index in [1.165, 1.54) is 12.0 Å². The van der Waals surface area contributed by atoms with E-state index in [1.54, 1.807) is 7.11 Å². The van der Waals surface area contributed by atoms with E-state index < -0.39 is 0 Å². The summed E-state index contributed by atoms with van der Waals surface area (Å²) < 4.78 is 10.9. The van der Waals surface area contributed by atoms with Gasteiger partial charge in [-0.3, -0.25) is 0 Å². The molecule has 2 unspecified atom stereocenters. The third kappa shape index (κ3) is 3.45. The van der Waals surface area contributed by atoms with Crippen LogP contribution in [0, 0.1) is 0 Å². The lowest BCUT2D eigenvalue weighted by atomic mass is 9.99. The van der Waals surface area contributed by atoms with Crippen LogP contribution in [0.1, 0.15) is 24.8 Å². The monoisotopic (exact) mass is 235 g/mol. The highest BCUT2D eigenvalue weighted by atomic mass is 16.5. The molecule has 1 fully saturated rings. The maximum Gasteiger partial charge on any atom is 0.122 e. The molecule has 0 bridgehead atoms. The number of hydrogen-bond donors (Lipinski definition) is 1. The van der Waals surface area contributed by atoms with Crippen LogP contribution in [0.25, 0.3) is 0 Å². The SMILES string of the molecule is COc1ccccc1CC(N)CC1CCCO1. The van der Waals surface area contributed by atoms with E-state index in [4.69, 9.17) is 15.2 Å². The second kappa shape index (κ2) is 6.03. The molecule has 1 saturated heterocycles. The molecule has 2 atom stereocenters. The first-order valence-corrected chi connectivity index (χ1v) is 6.28. The molecule has 1 aliphatic heterocycles. The van der Waals surface area contributed by atoms with Crippen molar-refractivity contribution in [3.63, 3.8) is 0 Å². The number of para-hydroxylation sites is 1. The van der Waals surface area contributed by atoms with Gasteiger partial charge in [0.2, 0.25) is 0 Å². The van der Waals surface area contributed by atoms with Gasteiger partial charge in [-0.25, -0.2) is 0 Å². The minimum Gasteiger partial charge on any atom is -0.496 e. The van der Waals surface area contributed by atoms with Crippen molar-refractivity contribution in [1.29, 1.82) is 0 Å². The van der Waals surface area contributed by atoms with Crippen LogP contribution >= 0.6 is 0 Å². The van der Waals surface area contributed by atoms with E-state index in [0.29, 0.717) is 6.10 Å². The molecule has 1 aliphatic rings. The van der Waals surface area contributed by atoms with Crippen molar-refractivity contribution >= 4 is 0 Å². The Bertz CT molecular complexity index is 348. The van der Waals surface area contributed by atoms with Crippen LogP contribution in [0.15, 0.2) is 24.3 Å². The Morgan fingerprint density at radius 3 is 3.00 bits per heavy atom. The summed E-state index contributed by atoms with van der Waals surface area (Å²) in [6.45, 7) is 0.895. The van der Waals surface area contributed by atoms with Gasteiger partial charge < -0.3 is 15.2 Å². The van der Waals surface area contributed by atoms with Crippen molar-refractivity contribution in [1.82, 2.24) is 0 Å². The quantitative estimate of drug-likeness (QED) is 0.850. The summed E-state index contributed by atoms with van der Waals surface area (Å²) in [5, 5.41) is 0. The molecule has 2 N–H and O–H groups in total. The van der Waals surface area contributed by atoms with Gasteiger partial charge in [0.25, 0.3) is 0 Å². The van der Waals surface area contributed by atoms with Crippen LogP contribution in [0.2, 0.25) is 0 Å². The highest BCUT2D eigenvalue weighted by molar-refractivity contribution is 5.33. The molecular weight excluding hydrogens is 214 g/mol. The van der Waals surface area contributed by atoms with Crippen molar-refractivity contribution in [2.75, 3.05) is 13.7 Å². The molecule has 2 rings (SSSR count). The molecule has 3 heteroatoms. The molecule has 0 aliphatic carbocycles. The minimum absolute atomic E-state index is 0.148. The highest BCUT2D eigenvalue weighted by Gasteiger charge is 2.19. The Kier molecular flexibility index (Phi) is 4.40. The van der Waals surface area contributed by atoms with Gasteiger partial charge in [-0.05, 0) is 37.3 Å². The predicted octanol–water partition coefficient (Wildman–Crippen LogP) is 2.13. The fraction of sp³-hybridized carbons (Fsp3) is 0.571. The molecule has 1 aromatic carbocycles. The summed E-state index contributed by atoms with van der Waals surface area (Å²) >= 11 is 0. The number of ether oxygens (including phenoxy) is 2. The van der Waals surface area contributed by atoms with Crippen LogP contribution < -0.4 is 10.5 Å². The second-order valence-corrected chi connectivity index (χ2v) is 4.65. The number of methoxy groups -OCH3 is 1. The molecule has 17 heavy (non-hydrogen) atoms. The first-order chi connectivity index (χ1) is 8.29. The van der Waals surface area contributed by atoms with Crippen LogP contribution in [-0.4, -0.2) is 25.9 Å². The zero-order chi connectivity index (χ0) is 12.1. The zero-order valence-corrected chi connectivity index (χ0v) is 10.4. The van der Waals surface area contributed by atoms with E-state index in [1.807, 2.05) is 18.2 Å². The van der Waals surface area contributed by atoms with E-state index >= 15 is 0 Å². The van der Waals surface area contributed by atoms with E-state index in [9.17, 15) is 0 Å². The van der Waals surface area contributed by atoms with E-state index in [-0.39, 0.29) is 6.04 Å². The second-order valence-electron chi connectivity index (χ2n) is 4.65. The topological polar surface area (TPSA) is 44.5 Å². The lowest BCUT2D eigenvalue weighted by molar-refractivity contribution is 0.0983. The van der Waals surface area contributed by atoms with Crippen molar-refractivity contribution in [2.24, 2.45) is 5.73 Å². The third-order valence-corrected chi connectivity index (χ3v) is 3.26. The molecule has 0 aromatic heterocycles. The van der Waals surface area contributed by atoms with Crippen LogP contribution in [-0.2, 0) is 11.2 Å². The Morgan fingerprint density at radius 1 is 1.47 bits per heavy atom. The number of hydrogen-bond acceptors (Lipinski definition) is 3. The molecule has 1 heterocycles. The summed E-state index contributed by atoms with van der Waals surface area (Å²) in [6.07, 6.45) is 4.48. The summed E-state index contributed by atoms with van der Waals surface area (Å²) in [5.74, 6) is 0.926. The van der Waals surface area contributed by atoms with Gasteiger partial charge in [0.05, 0.1) is 13.2 Å².